The van der Waals surface area contributed by atoms with Crippen molar-refractivity contribution in [3.05, 3.63) is 64.9 Å². The number of benzene rings is 2. The zero-order chi connectivity index (χ0) is 18.0. The highest BCUT2D eigenvalue weighted by atomic mass is 35.5. The quantitative estimate of drug-likeness (QED) is 0.830. The van der Waals surface area contributed by atoms with E-state index in [1.807, 2.05) is 0 Å². The standard InChI is InChI=1S/C18H16ClFN2O3/c1-18(12-3-2-4-13(19)11-12)16(23)22(17(24)21-18)9-10-25-15-7-5-14(20)6-8-15/h2-8,11H,9-10H2,1H3,(H,21,24). The third-order valence-corrected chi connectivity index (χ3v) is 4.31. The summed E-state index contributed by atoms with van der Waals surface area (Å²) < 4.78 is 18.3. The molecule has 3 amide bonds. The van der Waals surface area contributed by atoms with Gasteiger partial charge in [-0.2, -0.15) is 0 Å². The second-order valence-corrected chi connectivity index (χ2v) is 6.26. The SMILES string of the molecule is CC1(c2cccc(Cl)c2)NC(=O)N(CCOc2ccc(F)cc2)C1=O. The molecule has 130 valence electrons. The molecule has 7 heteroatoms. The predicted octanol–water partition coefficient (Wildman–Crippen LogP) is 3.33. The number of carbonyl (C=O) groups is 2. The fourth-order valence-electron chi connectivity index (χ4n) is 2.68. The Kier molecular flexibility index (Phi) is 4.63. The van der Waals surface area contributed by atoms with Crippen LogP contribution >= 0.6 is 11.6 Å². The average Bonchev–Trinajstić information content (AvgIpc) is 2.81. The van der Waals surface area contributed by atoms with Gasteiger partial charge in [-0.05, 0) is 48.9 Å². The van der Waals surface area contributed by atoms with E-state index >= 15 is 0 Å². The Morgan fingerprint density at radius 3 is 2.60 bits per heavy atom. The number of hydrogen-bond donors (Lipinski definition) is 1. The number of ether oxygens (including phenoxy) is 1. The van der Waals surface area contributed by atoms with Crippen LogP contribution in [0.2, 0.25) is 5.02 Å². The van der Waals surface area contributed by atoms with Crippen LogP contribution < -0.4 is 10.1 Å². The number of hydrogen-bond acceptors (Lipinski definition) is 3. The largest absolute Gasteiger partial charge is 0.492 e. The summed E-state index contributed by atoms with van der Waals surface area (Å²) in [6.45, 7) is 1.83. The molecule has 1 atom stereocenters. The number of carbonyl (C=O) groups excluding carboxylic acids is 2. The number of amides is 3. The van der Waals surface area contributed by atoms with Crippen molar-refractivity contribution < 1.29 is 18.7 Å². The molecule has 1 saturated heterocycles. The molecule has 1 aliphatic heterocycles. The van der Waals surface area contributed by atoms with E-state index in [4.69, 9.17) is 16.3 Å². The zero-order valence-corrected chi connectivity index (χ0v) is 14.2. The summed E-state index contributed by atoms with van der Waals surface area (Å²) in [5.74, 6) is -0.271. The van der Waals surface area contributed by atoms with Gasteiger partial charge in [0.25, 0.3) is 5.91 Å². The van der Waals surface area contributed by atoms with E-state index in [9.17, 15) is 14.0 Å². The molecule has 0 radical (unpaired) electrons. The minimum Gasteiger partial charge on any atom is -0.492 e. The molecule has 25 heavy (non-hydrogen) atoms. The molecule has 1 fully saturated rings. The van der Waals surface area contributed by atoms with E-state index in [0.29, 0.717) is 16.3 Å². The van der Waals surface area contributed by atoms with Crippen LogP contribution in [0.1, 0.15) is 12.5 Å². The highest BCUT2D eigenvalue weighted by molar-refractivity contribution is 6.30. The van der Waals surface area contributed by atoms with E-state index in [2.05, 4.69) is 5.32 Å². The summed E-state index contributed by atoms with van der Waals surface area (Å²) in [5, 5.41) is 3.19. The van der Waals surface area contributed by atoms with Gasteiger partial charge in [0, 0.05) is 5.02 Å². The molecule has 2 aromatic rings. The van der Waals surface area contributed by atoms with E-state index in [1.165, 1.54) is 24.3 Å². The molecule has 5 nitrogen and oxygen atoms in total. The molecule has 2 aromatic carbocycles. The van der Waals surface area contributed by atoms with Gasteiger partial charge in [0.1, 0.15) is 23.7 Å². The predicted molar refractivity (Wildman–Crippen MR) is 90.9 cm³/mol. The van der Waals surface area contributed by atoms with Crippen LogP contribution in [0.4, 0.5) is 9.18 Å². The first-order valence-electron chi connectivity index (χ1n) is 7.69. The van der Waals surface area contributed by atoms with Crippen molar-refractivity contribution in [2.75, 3.05) is 13.2 Å². The average molecular weight is 363 g/mol. The van der Waals surface area contributed by atoms with Crippen molar-refractivity contribution in [3.63, 3.8) is 0 Å². The van der Waals surface area contributed by atoms with Crippen molar-refractivity contribution in [3.8, 4) is 5.75 Å². The lowest BCUT2D eigenvalue weighted by atomic mass is 9.92. The number of nitrogens with zero attached hydrogens (tertiary/aromatic N) is 1. The van der Waals surface area contributed by atoms with Crippen molar-refractivity contribution in [1.82, 2.24) is 10.2 Å². The maximum atomic E-state index is 12.9. The Balaban J connectivity index is 1.68. The molecule has 0 aromatic heterocycles. The third kappa shape index (κ3) is 3.44. The summed E-state index contributed by atoms with van der Waals surface area (Å²) in [6.07, 6.45) is 0. The van der Waals surface area contributed by atoms with Gasteiger partial charge in [0.2, 0.25) is 0 Å². The second-order valence-electron chi connectivity index (χ2n) is 5.82. The molecular formula is C18H16ClFN2O3. The van der Waals surface area contributed by atoms with Gasteiger partial charge in [-0.1, -0.05) is 23.7 Å². The Bertz CT molecular complexity index is 812. The zero-order valence-electron chi connectivity index (χ0n) is 13.5. The van der Waals surface area contributed by atoms with Gasteiger partial charge in [-0.3, -0.25) is 9.69 Å². The van der Waals surface area contributed by atoms with Crippen LogP contribution in [0.5, 0.6) is 5.75 Å². The van der Waals surface area contributed by atoms with Crippen LogP contribution in [-0.4, -0.2) is 30.0 Å². The third-order valence-electron chi connectivity index (χ3n) is 4.07. The number of nitrogens with one attached hydrogen (secondary N) is 1. The highest BCUT2D eigenvalue weighted by Crippen LogP contribution is 2.30. The fraction of sp³-hybridized carbons (Fsp3) is 0.222. The lowest BCUT2D eigenvalue weighted by molar-refractivity contribution is -0.131. The number of imide groups is 1. The first kappa shape index (κ1) is 17.2. The van der Waals surface area contributed by atoms with E-state index < -0.39 is 11.6 Å². The summed E-state index contributed by atoms with van der Waals surface area (Å²) >= 11 is 5.98. The first-order valence-corrected chi connectivity index (χ1v) is 8.06. The number of halogens is 2. The van der Waals surface area contributed by atoms with Gasteiger partial charge in [-0.15, -0.1) is 0 Å². The molecule has 0 bridgehead atoms. The minimum absolute atomic E-state index is 0.0815. The topological polar surface area (TPSA) is 58.6 Å². The van der Waals surface area contributed by atoms with E-state index in [1.54, 1.807) is 31.2 Å². The first-order chi connectivity index (χ1) is 11.9. The van der Waals surface area contributed by atoms with Crippen LogP contribution in [0.15, 0.2) is 48.5 Å². The summed E-state index contributed by atoms with van der Waals surface area (Å²) in [7, 11) is 0. The lowest BCUT2D eigenvalue weighted by Crippen LogP contribution is -2.41. The molecule has 1 aliphatic rings. The fourth-order valence-corrected chi connectivity index (χ4v) is 2.87. The molecular weight excluding hydrogens is 347 g/mol. The monoisotopic (exact) mass is 362 g/mol. The van der Waals surface area contributed by atoms with E-state index in [0.717, 1.165) is 4.90 Å². The van der Waals surface area contributed by atoms with Gasteiger partial charge in [0.15, 0.2) is 0 Å². The summed E-state index contributed by atoms with van der Waals surface area (Å²) in [4.78, 5) is 26.0. The van der Waals surface area contributed by atoms with Gasteiger partial charge in [0.05, 0.1) is 6.54 Å². The van der Waals surface area contributed by atoms with Crippen LogP contribution in [0, 0.1) is 5.82 Å². The summed E-state index contributed by atoms with van der Waals surface area (Å²) in [5.41, 5.74) is -0.557. The Morgan fingerprint density at radius 2 is 1.92 bits per heavy atom. The molecule has 1 unspecified atom stereocenters. The Morgan fingerprint density at radius 1 is 1.20 bits per heavy atom. The lowest BCUT2D eigenvalue weighted by Gasteiger charge is -2.22. The number of urea groups is 1. The molecule has 3 rings (SSSR count). The minimum atomic E-state index is -1.17. The van der Waals surface area contributed by atoms with Crippen LogP contribution in [-0.2, 0) is 10.3 Å². The van der Waals surface area contributed by atoms with Crippen LogP contribution in [0.25, 0.3) is 0 Å². The highest BCUT2D eigenvalue weighted by Gasteiger charge is 2.48. The van der Waals surface area contributed by atoms with Gasteiger partial charge < -0.3 is 10.1 Å². The van der Waals surface area contributed by atoms with E-state index in [-0.39, 0.29) is 24.9 Å². The molecule has 0 spiro atoms. The second kappa shape index (κ2) is 6.72. The number of rotatable bonds is 5. The molecule has 1 N–H and O–H groups in total. The normalized spacial score (nSPS) is 19.9. The van der Waals surface area contributed by atoms with Crippen LogP contribution in [0.3, 0.4) is 0 Å². The van der Waals surface area contributed by atoms with Crippen molar-refractivity contribution in [1.29, 1.82) is 0 Å². The molecule has 0 aliphatic carbocycles. The molecule has 1 heterocycles. The maximum Gasteiger partial charge on any atom is 0.325 e. The maximum absolute atomic E-state index is 12.9. The van der Waals surface area contributed by atoms with Crippen molar-refractivity contribution >= 4 is 23.5 Å². The van der Waals surface area contributed by atoms with Crippen molar-refractivity contribution in [2.45, 2.75) is 12.5 Å². The van der Waals surface area contributed by atoms with Gasteiger partial charge in [-0.25, -0.2) is 9.18 Å². The summed E-state index contributed by atoms with van der Waals surface area (Å²) in [6, 6.07) is 11.8. The Hall–Kier alpha value is -2.60. The van der Waals surface area contributed by atoms with Gasteiger partial charge >= 0.3 is 6.03 Å². The van der Waals surface area contributed by atoms with Crippen molar-refractivity contribution in [2.24, 2.45) is 0 Å². The Labute approximate surface area is 149 Å². The molecule has 0 saturated carbocycles. The smallest absolute Gasteiger partial charge is 0.325 e.